The Labute approximate surface area is 241 Å². The van der Waals surface area contributed by atoms with Gasteiger partial charge in [0.25, 0.3) is 10.0 Å². The lowest BCUT2D eigenvalue weighted by Gasteiger charge is -2.15. The van der Waals surface area contributed by atoms with Crippen LogP contribution in [0, 0.1) is 23.5 Å². The molecule has 4 aromatic rings. The van der Waals surface area contributed by atoms with Crippen molar-refractivity contribution >= 4 is 52.1 Å². The first-order valence-electron chi connectivity index (χ1n) is 12.2. The van der Waals surface area contributed by atoms with Crippen LogP contribution in [-0.4, -0.2) is 50.0 Å². The molecule has 15 heteroatoms. The Hall–Kier alpha value is -3.77. The van der Waals surface area contributed by atoms with E-state index in [1.165, 1.54) is 25.7 Å². The van der Waals surface area contributed by atoms with Crippen molar-refractivity contribution in [3.8, 4) is 17.7 Å². The minimum absolute atomic E-state index is 0.0152. The average molecular weight is 621 g/mol. The molecule has 4 rings (SSSR count). The molecule has 0 amide bonds. The Morgan fingerprint density at radius 3 is 2.61 bits per heavy atom. The van der Waals surface area contributed by atoms with Crippen LogP contribution in [0.15, 0.2) is 41.7 Å². The zero-order valence-corrected chi connectivity index (χ0v) is 25.2. The maximum absolute atomic E-state index is 15.4. The lowest BCUT2D eigenvalue weighted by atomic mass is 10.1. The number of aromatic nitrogens is 4. The zero-order chi connectivity index (χ0) is 29.9. The molecular formula is C26H27ClF2N6O4SSi. The number of nitrogen functional groups attached to an aromatic ring is 1. The highest BCUT2D eigenvalue weighted by Gasteiger charge is 2.24. The Bertz CT molecular complexity index is 1780. The summed E-state index contributed by atoms with van der Waals surface area (Å²) in [6.45, 7) is 7.39. The van der Waals surface area contributed by atoms with E-state index in [2.05, 4.69) is 51.3 Å². The van der Waals surface area contributed by atoms with Crippen LogP contribution in [0.25, 0.3) is 10.9 Å². The lowest BCUT2D eigenvalue weighted by molar-refractivity contribution is 0.0816. The first-order chi connectivity index (χ1) is 19.3. The molecule has 3 N–H and O–H groups in total. The molecule has 0 aliphatic rings. The molecule has 1 aromatic carbocycles. The minimum atomic E-state index is -4.43. The number of sulfonamides is 1. The van der Waals surface area contributed by atoms with Gasteiger partial charge in [-0.1, -0.05) is 43.1 Å². The van der Waals surface area contributed by atoms with Crippen molar-refractivity contribution in [1.82, 2.24) is 19.7 Å². The standard InChI is InChI=1S/C26H27ClF2N6O4SSi/c1-38-26-22(11-17(27)13-32-26)40(36,37)34-21-8-7-20(28)18(23(21)29)6-5-16-12-31-25(30)19-14-33-35(24(16)19)15-39-9-10-41(2,3)4/h7-8,11-14,34H,9-10,15H2,1-4H3,(H2,30,31). The molecule has 0 fully saturated rings. The number of methoxy groups -OCH3 is 1. The van der Waals surface area contributed by atoms with Crippen molar-refractivity contribution in [2.24, 2.45) is 0 Å². The monoisotopic (exact) mass is 620 g/mol. The van der Waals surface area contributed by atoms with Crippen molar-refractivity contribution in [2.75, 3.05) is 24.2 Å². The molecular weight excluding hydrogens is 594 g/mol. The third-order valence-corrected chi connectivity index (χ3v) is 9.11. The summed E-state index contributed by atoms with van der Waals surface area (Å²) < 4.78 is 70.5. The summed E-state index contributed by atoms with van der Waals surface area (Å²) in [6, 6.07) is 3.89. The number of benzene rings is 1. The van der Waals surface area contributed by atoms with Crippen LogP contribution in [0.5, 0.6) is 5.88 Å². The zero-order valence-electron chi connectivity index (χ0n) is 22.6. The van der Waals surface area contributed by atoms with Crippen LogP contribution in [-0.2, 0) is 21.5 Å². The van der Waals surface area contributed by atoms with Crippen LogP contribution in [0.1, 0.15) is 11.1 Å². The summed E-state index contributed by atoms with van der Waals surface area (Å²) in [5.41, 5.74) is 5.58. The highest BCUT2D eigenvalue weighted by molar-refractivity contribution is 7.92. The van der Waals surface area contributed by atoms with Crippen molar-refractivity contribution in [3.63, 3.8) is 0 Å². The Balaban J connectivity index is 1.68. The molecule has 0 unspecified atom stereocenters. The van der Waals surface area contributed by atoms with Gasteiger partial charge < -0.3 is 15.2 Å². The van der Waals surface area contributed by atoms with E-state index in [4.69, 9.17) is 26.8 Å². The van der Waals surface area contributed by atoms with E-state index in [-0.39, 0.29) is 23.5 Å². The second-order valence-electron chi connectivity index (χ2n) is 10.1. The van der Waals surface area contributed by atoms with Gasteiger partial charge in [0.1, 0.15) is 18.4 Å². The number of nitrogens with zero attached hydrogens (tertiary/aromatic N) is 4. The first kappa shape index (κ1) is 30.2. The molecule has 0 atom stereocenters. The summed E-state index contributed by atoms with van der Waals surface area (Å²) in [7, 11) is -4.51. The molecule has 0 saturated carbocycles. The largest absolute Gasteiger partial charge is 0.480 e. The Kier molecular flexibility index (Phi) is 8.83. The highest BCUT2D eigenvalue weighted by atomic mass is 35.5. The van der Waals surface area contributed by atoms with Gasteiger partial charge in [-0.25, -0.2) is 31.8 Å². The van der Waals surface area contributed by atoms with Crippen LogP contribution in [0.4, 0.5) is 20.3 Å². The van der Waals surface area contributed by atoms with Crippen molar-refractivity contribution in [2.45, 2.75) is 37.3 Å². The third-order valence-electron chi connectivity index (χ3n) is 5.84. The highest BCUT2D eigenvalue weighted by Crippen LogP contribution is 2.29. The van der Waals surface area contributed by atoms with Gasteiger partial charge in [0.15, 0.2) is 10.7 Å². The second kappa shape index (κ2) is 12.0. The number of hydrogen-bond donors (Lipinski definition) is 2. The van der Waals surface area contributed by atoms with Crippen molar-refractivity contribution in [3.05, 3.63) is 64.6 Å². The second-order valence-corrected chi connectivity index (χ2v) is 17.8. The number of rotatable bonds is 9. The van der Waals surface area contributed by atoms with Gasteiger partial charge >= 0.3 is 0 Å². The average Bonchev–Trinajstić information content (AvgIpc) is 3.34. The quantitative estimate of drug-likeness (QED) is 0.154. The van der Waals surface area contributed by atoms with Crippen LogP contribution in [0.2, 0.25) is 30.7 Å². The lowest BCUT2D eigenvalue weighted by Crippen LogP contribution is -2.22. The maximum Gasteiger partial charge on any atom is 0.267 e. The SMILES string of the molecule is COc1ncc(Cl)cc1S(=O)(=O)Nc1ccc(F)c(C#Cc2cnc(N)c3cnn(COCC[Si](C)(C)C)c23)c1F. The van der Waals surface area contributed by atoms with Gasteiger partial charge in [-0.2, -0.15) is 5.10 Å². The van der Waals surface area contributed by atoms with Gasteiger partial charge in [0.2, 0.25) is 5.88 Å². The van der Waals surface area contributed by atoms with Crippen LogP contribution >= 0.6 is 11.6 Å². The normalized spacial score (nSPS) is 11.8. The Morgan fingerprint density at radius 1 is 1.15 bits per heavy atom. The number of anilines is 2. The van der Waals surface area contributed by atoms with E-state index in [1.807, 2.05) is 0 Å². The number of hydrogen-bond acceptors (Lipinski definition) is 8. The molecule has 0 radical (unpaired) electrons. The van der Waals surface area contributed by atoms with Gasteiger partial charge in [-0.3, -0.25) is 4.72 Å². The van der Waals surface area contributed by atoms with E-state index < -0.39 is 45.9 Å². The molecule has 0 aliphatic carbocycles. The van der Waals surface area contributed by atoms with E-state index >= 15 is 4.39 Å². The molecule has 41 heavy (non-hydrogen) atoms. The fourth-order valence-electron chi connectivity index (χ4n) is 3.67. The molecule has 3 aromatic heterocycles. The van der Waals surface area contributed by atoms with Gasteiger partial charge in [0.05, 0.1) is 46.0 Å². The smallest absolute Gasteiger partial charge is 0.267 e. The number of fused-ring (bicyclic) bond motifs is 1. The maximum atomic E-state index is 15.4. The van der Waals surface area contributed by atoms with Crippen molar-refractivity contribution in [1.29, 1.82) is 0 Å². The summed E-state index contributed by atoms with van der Waals surface area (Å²) in [5, 5.41) is 4.82. The molecule has 216 valence electrons. The molecule has 0 spiro atoms. The molecule has 3 heterocycles. The molecule has 0 bridgehead atoms. The van der Waals surface area contributed by atoms with Gasteiger partial charge in [-0.05, 0) is 24.2 Å². The topological polar surface area (TPSA) is 134 Å². The molecule has 0 saturated heterocycles. The minimum Gasteiger partial charge on any atom is -0.480 e. The predicted octanol–water partition coefficient (Wildman–Crippen LogP) is 4.86. The van der Waals surface area contributed by atoms with Gasteiger partial charge in [0, 0.05) is 27.1 Å². The number of halogens is 3. The predicted molar refractivity (Wildman–Crippen MR) is 155 cm³/mol. The van der Waals surface area contributed by atoms with E-state index in [0.29, 0.717) is 23.1 Å². The fraction of sp³-hybridized carbons (Fsp3) is 0.269. The molecule has 0 aliphatic heterocycles. The van der Waals surface area contributed by atoms with E-state index in [1.54, 1.807) is 4.68 Å². The summed E-state index contributed by atoms with van der Waals surface area (Å²) in [4.78, 5) is 7.49. The van der Waals surface area contributed by atoms with Crippen LogP contribution in [0.3, 0.4) is 0 Å². The fourth-order valence-corrected chi connectivity index (χ4v) is 5.85. The van der Waals surface area contributed by atoms with Gasteiger partial charge in [-0.15, -0.1) is 0 Å². The Morgan fingerprint density at radius 2 is 1.90 bits per heavy atom. The third kappa shape index (κ3) is 6.94. The number of nitrogens with one attached hydrogen (secondary N) is 1. The number of pyridine rings is 2. The molecule has 10 nitrogen and oxygen atoms in total. The van der Waals surface area contributed by atoms with E-state index in [0.717, 1.165) is 24.2 Å². The number of nitrogens with two attached hydrogens (primary N) is 1. The first-order valence-corrected chi connectivity index (χ1v) is 17.8. The summed E-state index contributed by atoms with van der Waals surface area (Å²) >= 11 is 5.89. The van der Waals surface area contributed by atoms with Crippen LogP contribution < -0.4 is 15.2 Å². The summed E-state index contributed by atoms with van der Waals surface area (Å²) in [6.07, 6.45) is 4.08. The van der Waals surface area contributed by atoms with Crippen molar-refractivity contribution < 1.29 is 26.7 Å². The number of ether oxygens (including phenoxy) is 2. The van der Waals surface area contributed by atoms with E-state index in [9.17, 15) is 12.8 Å². The summed E-state index contributed by atoms with van der Waals surface area (Å²) in [5.74, 6) is 2.91.